The third-order valence-electron chi connectivity index (χ3n) is 15.1. The summed E-state index contributed by atoms with van der Waals surface area (Å²) in [6, 6.07) is 12.2. The van der Waals surface area contributed by atoms with Gasteiger partial charge in [0.15, 0.2) is 0 Å². The summed E-state index contributed by atoms with van der Waals surface area (Å²) in [5.74, 6) is -1.74. The van der Waals surface area contributed by atoms with Crippen LogP contribution in [0.5, 0.6) is 0 Å². The lowest BCUT2D eigenvalue weighted by atomic mass is 9.67. The molecule has 0 spiro atoms. The van der Waals surface area contributed by atoms with Crippen molar-refractivity contribution in [3.63, 3.8) is 0 Å². The number of carbonyl (C=O) groups is 3. The number of rotatable bonds is 10. The zero-order valence-electron chi connectivity index (χ0n) is 40.5. The molecule has 15 nitrogen and oxygen atoms in total. The smallest absolute Gasteiger partial charge is 0.324 e. The second-order valence-corrected chi connectivity index (χ2v) is 20.4. The molecule has 2 bridgehead atoms. The Morgan fingerprint density at radius 2 is 1.79 bits per heavy atom. The van der Waals surface area contributed by atoms with Crippen molar-refractivity contribution in [3.8, 4) is 22.5 Å². The molecule has 5 aliphatic rings. The zero-order chi connectivity index (χ0) is 47.1. The van der Waals surface area contributed by atoms with E-state index >= 15 is 0 Å². The molecule has 15 heteroatoms. The third-order valence-corrected chi connectivity index (χ3v) is 15.1. The predicted molar refractivity (Wildman–Crippen MR) is 257 cm³/mol. The molecule has 67 heavy (non-hydrogen) atoms. The number of benzene rings is 1. The molecular weight excluding hydrogens is 849 g/mol. The maximum atomic E-state index is 14.5. The zero-order valence-corrected chi connectivity index (χ0v) is 40.5. The largest absolute Gasteiger partial charge is 0.468 e. The average Bonchev–Trinajstić information content (AvgIpc) is 4.14. The maximum absolute atomic E-state index is 14.5. The highest BCUT2D eigenvalue weighted by atomic mass is 16.5. The minimum absolute atomic E-state index is 0.0204. The van der Waals surface area contributed by atoms with Gasteiger partial charge in [-0.1, -0.05) is 33.8 Å². The van der Waals surface area contributed by atoms with Crippen LogP contribution in [-0.4, -0.2) is 132 Å². The Balaban J connectivity index is 1.13. The molecule has 3 N–H and O–H groups in total. The van der Waals surface area contributed by atoms with Gasteiger partial charge < -0.3 is 34.1 Å². The van der Waals surface area contributed by atoms with Crippen LogP contribution < -0.4 is 15.6 Å². The Bertz CT molecular complexity index is 2480. The van der Waals surface area contributed by atoms with E-state index in [9.17, 15) is 19.5 Å². The van der Waals surface area contributed by atoms with Crippen LogP contribution in [0.15, 0.2) is 42.6 Å². The van der Waals surface area contributed by atoms with Crippen molar-refractivity contribution in [2.45, 2.75) is 116 Å². The molecule has 360 valence electrons. The van der Waals surface area contributed by atoms with Gasteiger partial charge in [-0.25, -0.2) is 5.43 Å². The van der Waals surface area contributed by atoms with E-state index in [1.165, 1.54) is 25.0 Å². The highest BCUT2D eigenvalue weighted by Gasteiger charge is 2.47. The number of piperazine rings is 1. The van der Waals surface area contributed by atoms with Crippen LogP contribution in [0.2, 0.25) is 0 Å². The summed E-state index contributed by atoms with van der Waals surface area (Å²) in [6.45, 7) is 16.2. The number of amides is 2. The SMILES string of the molecule is CCn1c2c(c3cc(-c4cc5cc(n4)C[C@@H](C(=O)N4CCC[C@@H](C(=O)OC)N4)NC(=O)[C@H](C(C)C)COCCC5)ccc31)C(C(C)(C)CO)[C@H](OC)c1ncc(N3CCN(C4CC4)CC3)cc1-2. The van der Waals surface area contributed by atoms with Gasteiger partial charge in [0.25, 0.3) is 5.91 Å². The Labute approximate surface area is 394 Å². The van der Waals surface area contributed by atoms with E-state index in [4.69, 9.17) is 24.2 Å². The van der Waals surface area contributed by atoms with Crippen LogP contribution >= 0.6 is 0 Å². The number of nitrogens with zero attached hydrogens (tertiary/aromatic N) is 6. The molecule has 2 saturated heterocycles. The number of carbonyl (C=O) groups excluding carboxylic acids is 3. The number of ether oxygens (including phenoxy) is 3. The summed E-state index contributed by atoms with van der Waals surface area (Å²) in [6.07, 6.45) is 6.99. The van der Waals surface area contributed by atoms with Crippen molar-refractivity contribution in [2.24, 2.45) is 17.3 Å². The average molecular weight is 919 g/mol. The minimum atomic E-state index is -0.963. The normalized spacial score (nSPS) is 24.3. The third kappa shape index (κ3) is 9.34. The van der Waals surface area contributed by atoms with Crippen molar-refractivity contribution >= 4 is 34.4 Å². The minimum Gasteiger partial charge on any atom is -0.468 e. The second-order valence-electron chi connectivity index (χ2n) is 20.4. The maximum Gasteiger partial charge on any atom is 0.324 e. The van der Waals surface area contributed by atoms with E-state index in [-0.39, 0.29) is 43.3 Å². The highest BCUT2D eigenvalue weighted by molar-refractivity contribution is 5.97. The molecule has 5 atom stereocenters. The number of aryl methyl sites for hydroxylation is 2. The van der Waals surface area contributed by atoms with E-state index in [1.54, 1.807) is 7.11 Å². The van der Waals surface area contributed by atoms with Gasteiger partial charge in [-0.3, -0.25) is 34.3 Å². The van der Waals surface area contributed by atoms with Crippen molar-refractivity contribution in [2.75, 3.05) is 71.7 Å². The Morgan fingerprint density at radius 1 is 1.00 bits per heavy atom. The standard InChI is InChI=1S/C52H70N8O7/c1-8-59-43-16-13-33(25-37(43)44-45(52(4,5)30-61)48(65-6)46-38(47(44)59)27-36(28-53-46)58-20-18-57(19-21-58)35-14-15-35)41-24-32-11-10-22-67-29-39(31(2)3)49(62)55-42(26-34(23-32)54-41)50(63)60-17-9-12-40(56-60)51(64)66-7/h13,16,23-25,27-28,31,35,39-40,42,45,48,56,61H,8-12,14-15,17-22,26,29-30H2,1-7H3,(H,55,62)/t39-,40-,42-,45?,48-/m0/s1. The number of nitrogens with one attached hydrogen (secondary N) is 2. The molecule has 4 aromatic rings. The first-order valence-electron chi connectivity index (χ1n) is 24.7. The molecule has 2 amide bonds. The molecule has 0 radical (unpaired) electrons. The summed E-state index contributed by atoms with van der Waals surface area (Å²) >= 11 is 0. The van der Waals surface area contributed by atoms with E-state index in [1.807, 2.05) is 26.1 Å². The molecular formula is C52H70N8O7. The first-order valence-corrected chi connectivity index (χ1v) is 24.7. The summed E-state index contributed by atoms with van der Waals surface area (Å²) in [5, 5.41) is 16.7. The second kappa shape index (κ2) is 19.6. The van der Waals surface area contributed by atoms with E-state index < -0.39 is 35.5 Å². The Kier molecular flexibility index (Phi) is 13.8. The summed E-state index contributed by atoms with van der Waals surface area (Å²) in [4.78, 5) is 56.7. The van der Waals surface area contributed by atoms with Crippen LogP contribution in [0.25, 0.3) is 33.4 Å². The van der Waals surface area contributed by atoms with Gasteiger partial charge in [-0.15, -0.1) is 0 Å². The lowest BCUT2D eigenvalue weighted by Gasteiger charge is -2.42. The summed E-state index contributed by atoms with van der Waals surface area (Å²) in [7, 11) is 3.09. The van der Waals surface area contributed by atoms with Gasteiger partial charge >= 0.3 is 5.97 Å². The van der Waals surface area contributed by atoms with Gasteiger partial charge in [-0.2, -0.15) is 0 Å². The van der Waals surface area contributed by atoms with Crippen molar-refractivity contribution in [3.05, 3.63) is 65.1 Å². The number of hydrazine groups is 1. The lowest BCUT2D eigenvalue weighted by molar-refractivity contribution is -0.151. The van der Waals surface area contributed by atoms with Crippen LogP contribution in [-0.2, 0) is 48.0 Å². The quantitative estimate of drug-likeness (QED) is 0.164. The van der Waals surface area contributed by atoms with Crippen molar-refractivity contribution in [1.29, 1.82) is 0 Å². The first-order chi connectivity index (χ1) is 32.3. The van der Waals surface area contributed by atoms with Crippen LogP contribution in [0.1, 0.15) is 101 Å². The molecule has 2 aliphatic carbocycles. The number of pyridine rings is 2. The summed E-state index contributed by atoms with van der Waals surface area (Å²) < 4.78 is 20.0. The fourth-order valence-electron chi connectivity index (χ4n) is 11.1. The summed E-state index contributed by atoms with van der Waals surface area (Å²) in [5.41, 5.74) is 12.3. The molecule has 3 fully saturated rings. The Morgan fingerprint density at radius 3 is 2.49 bits per heavy atom. The van der Waals surface area contributed by atoms with E-state index in [0.29, 0.717) is 31.7 Å². The molecule has 3 aromatic heterocycles. The monoisotopic (exact) mass is 919 g/mol. The number of hydrogen-bond acceptors (Lipinski definition) is 12. The predicted octanol–water partition coefficient (Wildman–Crippen LogP) is 5.80. The number of esters is 1. The van der Waals surface area contributed by atoms with Gasteiger partial charge in [0.1, 0.15) is 18.2 Å². The van der Waals surface area contributed by atoms with Crippen LogP contribution in [0, 0.1) is 17.3 Å². The van der Waals surface area contributed by atoms with E-state index in [0.717, 1.165) is 108 Å². The van der Waals surface area contributed by atoms with Crippen molar-refractivity contribution < 1.29 is 33.7 Å². The van der Waals surface area contributed by atoms with Gasteiger partial charge in [-0.05, 0) is 98.2 Å². The number of aliphatic hydroxyl groups is 1. The first kappa shape index (κ1) is 47.1. The fraction of sp³-hybridized carbons (Fsp3) is 0.596. The number of anilines is 1. The molecule has 1 aromatic carbocycles. The van der Waals surface area contributed by atoms with E-state index in [2.05, 4.69) is 76.2 Å². The molecule has 1 saturated carbocycles. The van der Waals surface area contributed by atoms with Crippen LogP contribution in [0.4, 0.5) is 5.69 Å². The lowest BCUT2D eigenvalue weighted by Crippen LogP contribution is -2.61. The molecule has 6 heterocycles. The Hall–Kier alpha value is -4.93. The molecule has 3 aliphatic heterocycles. The number of aliphatic hydroxyl groups excluding tert-OH is 1. The van der Waals surface area contributed by atoms with Gasteiger partial charge in [0.05, 0.1) is 48.6 Å². The molecule has 9 rings (SSSR count). The topological polar surface area (TPSA) is 164 Å². The number of hydrogen-bond donors (Lipinski definition) is 3. The molecule has 1 unspecified atom stereocenters. The highest BCUT2D eigenvalue weighted by Crippen LogP contribution is 2.57. The number of methoxy groups -OCH3 is 2. The number of fused-ring (bicyclic) bond motifs is 7. The van der Waals surface area contributed by atoms with Crippen molar-refractivity contribution in [1.82, 2.24) is 35.2 Å². The van der Waals surface area contributed by atoms with Crippen LogP contribution in [0.3, 0.4) is 0 Å². The number of aromatic nitrogens is 3. The van der Waals surface area contributed by atoms with Gasteiger partial charge in [0, 0.05) is 106 Å². The van der Waals surface area contributed by atoms with Gasteiger partial charge in [0.2, 0.25) is 5.91 Å². The fourth-order valence-corrected chi connectivity index (χ4v) is 11.1.